The van der Waals surface area contributed by atoms with Crippen molar-refractivity contribution in [3.05, 3.63) is 0 Å². The van der Waals surface area contributed by atoms with E-state index in [1.54, 1.807) is 92.9 Å². The minimum atomic E-state index is -0.741. The number of rotatable bonds is 96. The predicted octanol–water partition coefficient (Wildman–Crippen LogP) is 2.21. The molecule has 0 aromatic carbocycles. The Morgan fingerprint density at radius 3 is 0.679 bits per heavy atom. The summed E-state index contributed by atoms with van der Waals surface area (Å²) in [6, 6.07) is -1.39. The fraction of sp³-hybridized carbons (Fsp3) is 0.891. The smallest absolute Gasteiger partial charge is 0.408 e. The topological polar surface area (TPSA) is 498 Å². The normalized spacial score (nSPS) is 12.2. The number of nitrogens with two attached hydrogens (primary N) is 2. The number of amides is 6. The third-order valence-electron chi connectivity index (χ3n) is 16.4. The fourth-order valence-electron chi connectivity index (χ4n) is 10.2. The van der Waals surface area contributed by atoms with Gasteiger partial charge in [0.25, 0.3) is 0 Å². The van der Waals surface area contributed by atoms with Gasteiger partial charge in [-0.2, -0.15) is 0 Å². The summed E-state index contributed by atoms with van der Waals surface area (Å²) in [7, 11) is 0. The van der Waals surface area contributed by atoms with Gasteiger partial charge in [0, 0.05) is 65.4 Å². The van der Waals surface area contributed by atoms with E-state index in [1.165, 1.54) is 0 Å². The Labute approximate surface area is 814 Å². The van der Waals surface area contributed by atoms with Gasteiger partial charge in [0.05, 0.1) is 343 Å². The van der Waals surface area contributed by atoms with Gasteiger partial charge in [0.2, 0.25) is 11.8 Å². The largest absolute Gasteiger partial charge is 0.444 e. The van der Waals surface area contributed by atoms with E-state index < -0.39 is 58.9 Å². The number of alkyl carbamates (subject to hydrolysis) is 4. The highest BCUT2D eigenvalue weighted by atomic mass is 16.6. The molecule has 0 fully saturated rings. The monoisotopic (exact) mass is 1980 g/mol. The van der Waals surface area contributed by atoms with Gasteiger partial charge in [-0.3, -0.25) is 9.59 Å². The molecule has 9 N–H and O–H groups in total. The average molecular weight is 1980 g/mol. The zero-order valence-corrected chi connectivity index (χ0v) is 84.7. The summed E-state index contributed by atoms with van der Waals surface area (Å²) in [5.74, 6) is 11.6. The Morgan fingerprint density at radius 1 is 0.241 bits per heavy atom. The van der Waals surface area contributed by atoms with Crippen LogP contribution in [0.1, 0.15) is 95.9 Å². The lowest BCUT2D eigenvalue weighted by molar-refractivity contribution is -0.135. The first-order valence-electron chi connectivity index (χ1n) is 47.7. The van der Waals surface area contributed by atoms with E-state index in [1.807, 2.05) is 0 Å². The van der Waals surface area contributed by atoms with E-state index in [2.05, 4.69) is 50.3 Å². The van der Waals surface area contributed by atoms with E-state index in [4.69, 9.17) is 154 Å². The van der Waals surface area contributed by atoms with Gasteiger partial charge in [0.15, 0.2) is 0 Å². The summed E-state index contributed by atoms with van der Waals surface area (Å²) in [6.07, 6.45) is -1.98. The van der Waals surface area contributed by atoms with Gasteiger partial charge >= 0.3 is 24.4 Å². The standard InChI is InChI=1S/C92H175N9O36/c1-89(2,3)134-85(104)96-23-37-116-51-65-128-63-49-114-35-21-95-22-36-115-50-64-130-75-77-132-79-81(98-87(106)136-91(7,8)9)15-13-29-108-43-57-122-71-74-125-60-46-111-32-18-84(103)101(27-41-120-55-69-129-66-52-117-38-24-97-86(105)135-90(4,5)6)28-42-121-56-70-131-76-78-133-80-82(99-88(107)137-92(10,11)12)16-14-30-109-44-58-123-72-73-124-59-45-110-31-17-83(102)100(25-39-118-53-67-126-61-47-112-33-19-93)26-40-119-54-68-127-62-48-113-34-20-94/h81-82,95H,17-80,93-94H2,1-12H3,(H,96,104)(H,97,105)(H,98,106)(H,99,107). The first-order chi connectivity index (χ1) is 66.1. The molecule has 804 valence electrons. The SMILES string of the molecule is CC(C)(C)OC(=O)NCCOCCOCCOCCNCCOCCOCCOCC(C#CCOCCOCCOCCOCCC(=O)N(CCOCCOCCOCCNC(=O)OC(C)(C)C)CCOCCOCCOCC(C#CCOCCOCCOCCOCCC(=O)N(CCOCCOCCOCCN)CCOCCOCCOCCN)NC(=O)OC(C)(C)C)NC(=O)OC(C)(C)C. The van der Waals surface area contributed by atoms with Gasteiger partial charge in [-0.25, -0.2) is 19.2 Å². The van der Waals surface area contributed by atoms with Crippen molar-refractivity contribution in [3.63, 3.8) is 0 Å². The Hall–Kier alpha value is -6.02. The second-order valence-electron chi connectivity index (χ2n) is 33.2. The van der Waals surface area contributed by atoms with E-state index in [0.29, 0.717) is 284 Å². The number of carbonyl (C=O) groups is 6. The van der Waals surface area contributed by atoms with E-state index in [-0.39, 0.29) is 150 Å². The molecular formula is C92H175N9O36. The van der Waals surface area contributed by atoms with Gasteiger partial charge < -0.3 is 190 Å². The highest BCUT2D eigenvalue weighted by molar-refractivity contribution is 5.76. The maximum atomic E-state index is 13.5. The van der Waals surface area contributed by atoms with Crippen molar-refractivity contribution in [3.8, 4) is 23.7 Å². The quantitative estimate of drug-likeness (QED) is 0.0261. The van der Waals surface area contributed by atoms with Crippen LogP contribution in [-0.4, -0.2) is 489 Å². The minimum Gasteiger partial charge on any atom is -0.444 e. The van der Waals surface area contributed by atoms with Crippen molar-refractivity contribution < 1.29 is 171 Å². The van der Waals surface area contributed by atoms with Crippen LogP contribution in [0, 0.1) is 23.7 Å². The lowest BCUT2D eigenvalue weighted by Crippen LogP contribution is -2.41. The van der Waals surface area contributed by atoms with Crippen LogP contribution in [0.2, 0.25) is 0 Å². The van der Waals surface area contributed by atoms with Crippen LogP contribution in [0.5, 0.6) is 0 Å². The molecule has 0 aliphatic rings. The van der Waals surface area contributed by atoms with E-state index >= 15 is 0 Å². The Bertz CT molecular complexity index is 2900. The van der Waals surface area contributed by atoms with Crippen LogP contribution in [0.4, 0.5) is 19.2 Å². The molecule has 0 saturated heterocycles. The molecule has 0 heterocycles. The molecule has 0 radical (unpaired) electrons. The van der Waals surface area contributed by atoms with Crippen molar-refractivity contribution in [1.82, 2.24) is 36.4 Å². The van der Waals surface area contributed by atoms with Crippen molar-refractivity contribution in [2.75, 3.05) is 409 Å². The Kier molecular flexibility index (Phi) is 90.7. The highest BCUT2D eigenvalue weighted by Crippen LogP contribution is 2.11. The number of hydrogen-bond acceptors (Lipinski definition) is 39. The molecule has 2 unspecified atom stereocenters. The summed E-state index contributed by atoms with van der Waals surface area (Å²) in [5.41, 5.74) is 8.28. The average Bonchev–Trinajstić information content (AvgIpc) is 0.927. The molecular weight excluding hydrogens is 1810 g/mol. The molecule has 0 aliphatic heterocycles. The number of ether oxygens (including phenoxy) is 30. The molecule has 0 rings (SSSR count). The molecule has 6 amide bonds. The van der Waals surface area contributed by atoms with Crippen LogP contribution < -0.4 is 38.1 Å². The summed E-state index contributed by atoms with van der Waals surface area (Å²) < 4.78 is 168. The van der Waals surface area contributed by atoms with Gasteiger partial charge in [-0.05, 0) is 83.1 Å². The summed E-state index contributed by atoms with van der Waals surface area (Å²) in [5, 5.41) is 14.0. The third-order valence-corrected chi connectivity index (χ3v) is 16.4. The first-order valence-corrected chi connectivity index (χ1v) is 47.7. The molecule has 2 atom stereocenters. The molecule has 0 aromatic rings. The summed E-state index contributed by atoms with van der Waals surface area (Å²) in [6.45, 7) is 42.3. The van der Waals surface area contributed by atoms with Crippen LogP contribution in [-0.2, 0) is 152 Å². The number of hydrogen-bond donors (Lipinski definition) is 7. The number of nitrogens with zero attached hydrogens (tertiary/aromatic N) is 2. The van der Waals surface area contributed by atoms with Gasteiger partial charge in [-0.15, -0.1) is 0 Å². The van der Waals surface area contributed by atoms with Gasteiger partial charge in [0.1, 0.15) is 47.7 Å². The lowest BCUT2D eigenvalue weighted by atomic mass is 10.2. The van der Waals surface area contributed by atoms with E-state index in [9.17, 15) is 28.8 Å². The maximum absolute atomic E-state index is 13.5. The second kappa shape index (κ2) is 94.9. The zero-order valence-electron chi connectivity index (χ0n) is 84.7. The van der Waals surface area contributed by atoms with Crippen molar-refractivity contribution in [2.24, 2.45) is 11.5 Å². The predicted molar refractivity (Wildman–Crippen MR) is 505 cm³/mol. The fourth-order valence-corrected chi connectivity index (χ4v) is 10.2. The molecule has 0 saturated carbocycles. The zero-order chi connectivity index (χ0) is 101. The Morgan fingerprint density at radius 2 is 0.438 bits per heavy atom. The molecule has 137 heavy (non-hydrogen) atoms. The van der Waals surface area contributed by atoms with Crippen LogP contribution >= 0.6 is 0 Å². The number of carbonyl (C=O) groups excluding carboxylic acids is 6. The summed E-state index contributed by atoms with van der Waals surface area (Å²) >= 11 is 0. The van der Waals surface area contributed by atoms with Crippen LogP contribution in [0.25, 0.3) is 0 Å². The minimum absolute atomic E-state index is 0.0419. The van der Waals surface area contributed by atoms with Crippen molar-refractivity contribution >= 4 is 36.2 Å². The van der Waals surface area contributed by atoms with Crippen molar-refractivity contribution in [2.45, 2.75) is 130 Å². The molecule has 45 heteroatoms. The maximum Gasteiger partial charge on any atom is 0.408 e. The summed E-state index contributed by atoms with van der Waals surface area (Å²) in [4.78, 5) is 78.9. The highest BCUT2D eigenvalue weighted by Gasteiger charge is 2.23. The molecule has 0 aliphatic carbocycles. The second-order valence-corrected chi connectivity index (χ2v) is 33.2. The molecule has 0 aromatic heterocycles. The van der Waals surface area contributed by atoms with E-state index in [0.717, 1.165) is 0 Å². The van der Waals surface area contributed by atoms with Crippen LogP contribution in [0.3, 0.4) is 0 Å². The first kappa shape index (κ1) is 131. The Balaban J connectivity index is 4.83. The van der Waals surface area contributed by atoms with Crippen LogP contribution in [0.15, 0.2) is 0 Å². The molecule has 45 nitrogen and oxygen atoms in total. The molecule has 0 spiro atoms. The van der Waals surface area contributed by atoms with Crippen molar-refractivity contribution in [1.29, 1.82) is 0 Å². The number of nitrogens with one attached hydrogen (secondary N) is 5. The third kappa shape index (κ3) is 103. The van der Waals surface area contributed by atoms with Gasteiger partial charge in [-0.1, -0.05) is 23.7 Å². The lowest BCUT2D eigenvalue weighted by Gasteiger charge is -2.23. The molecule has 0 bridgehead atoms.